The van der Waals surface area contributed by atoms with Crippen LogP contribution in [-0.4, -0.2) is 19.5 Å². The molecule has 8 heteroatoms. The van der Waals surface area contributed by atoms with E-state index in [1.54, 1.807) is 22.7 Å². The Labute approximate surface area is 447 Å². The van der Waals surface area contributed by atoms with E-state index in [2.05, 4.69) is 217 Å². The van der Waals surface area contributed by atoms with Gasteiger partial charge in [-0.3, -0.25) is 0 Å². The summed E-state index contributed by atoms with van der Waals surface area (Å²) in [6.45, 7) is 0. The SMILES string of the molecule is c1ccc(-n2c3ccccc3c3cc(-c4ccc5oc6c(-c7cccc8c7sc7cccc(-c9nc(-c%10ccc%11c(c%10)oc%10ccccc%10%11)nc(-c%10cccc%11c%10sc%10ccccc%10%11)n9)c78)cccc6c5c4)ccc32)cc1. The maximum Gasteiger partial charge on any atom is 0.165 e. The van der Waals surface area contributed by atoms with Gasteiger partial charge >= 0.3 is 0 Å². The third kappa shape index (κ3) is 6.43. The van der Waals surface area contributed by atoms with Gasteiger partial charge in [0.1, 0.15) is 22.3 Å². The third-order valence-corrected chi connectivity index (χ3v) is 17.9. The number of hydrogen-bond donors (Lipinski definition) is 0. The summed E-state index contributed by atoms with van der Waals surface area (Å²) in [4.78, 5) is 16.1. The van der Waals surface area contributed by atoms with Crippen molar-refractivity contribution >= 4 is 129 Å². The molecule has 11 aromatic carbocycles. The number of rotatable bonds is 6. The average Bonchev–Trinajstić information content (AvgIpc) is 4.37. The number of hydrogen-bond acceptors (Lipinski definition) is 7. The van der Waals surface area contributed by atoms with Gasteiger partial charge in [0.25, 0.3) is 0 Å². The normalized spacial score (nSPS) is 12.2. The largest absolute Gasteiger partial charge is 0.456 e. The van der Waals surface area contributed by atoms with E-state index in [-0.39, 0.29) is 0 Å². The Hall–Kier alpha value is -9.73. The Morgan fingerprint density at radius 3 is 1.79 bits per heavy atom. The summed E-state index contributed by atoms with van der Waals surface area (Å²) >= 11 is 3.57. The topological polar surface area (TPSA) is 69.9 Å². The van der Waals surface area contributed by atoms with Crippen molar-refractivity contribution in [3.8, 4) is 62.1 Å². The van der Waals surface area contributed by atoms with E-state index in [1.165, 1.54) is 42.0 Å². The van der Waals surface area contributed by atoms with Gasteiger partial charge < -0.3 is 13.4 Å². The first-order valence-electron chi connectivity index (χ1n) is 25.7. The first kappa shape index (κ1) is 42.6. The second kappa shape index (κ2) is 16.4. The Bertz CT molecular complexity index is 5310. The molecule has 77 heavy (non-hydrogen) atoms. The van der Waals surface area contributed by atoms with Crippen LogP contribution in [-0.2, 0) is 0 Å². The molecule has 0 saturated carbocycles. The van der Waals surface area contributed by atoms with Crippen LogP contribution in [0, 0.1) is 0 Å². The van der Waals surface area contributed by atoms with Crippen LogP contribution in [0.15, 0.2) is 239 Å². The molecule has 358 valence electrons. The van der Waals surface area contributed by atoms with Gasteiger partial charge in [0, 0.05) is 106 Å². The van der Waals surface area contributed by atoms with E-state index in [9.17, 15) is 0 Å². The van der Waals surface area contributed by atoms with E-state index in [1.807, 2.05) is 18.2 Å². The van der Waals surface area contributed by atoms with Crippen LogP contribution in [0.1, 0.15) is 0 Å². The van der Waals surface area contributed by atoms with Crippen molar-refractivity contribution in [1.29, 1.82) is 0 Å². The molecule has 0 amide bonds. The van der Waals surface area contributed by atoms with Crippen molar-refractivity contribution in [2.24, 2.45) is 0 Å². The van der Waals surface area contributed by atoms with Crippen LogP contribution in [0.4, 0.5) is 0 Å². The minimum absolute atomic E-state index is 0.582. The van der Waals surface area contributed by atoms with E-state index in [0.29, 0.717) is 17.5 Å². The van der Waals surface area contributed by atoms with Crippen LogP contribution in [0.3, 0.4) is 0 Å². The van der Waals surface area contributed by atoms with E-state index in [0.717, 1.165) is 109 Å². The van der Waals surface area contributed by atoms with Gasteiger partial charge in [-0.1, -0.05) is 152 Å². The lowest BCUT2D eigenvalue weighted by molar-refractivity contribution is 0.669. The monoisotopic (exact) mass is 1020 g/mol. The number of nitrogens with zero attached hydrogens (tertiary/aromatic N) is 4. The predicted molar refractivity (Wildman–Crippen MR) is 322 cm³/mol. The van der Waals surface area contributed by atoms with Crippen molar-refractivity contribution in [2.45, 2.75) is 0 Å². The molecule has 0 N–H and O–H groups in total. The molecule has 0 saturated heterocycles. The van der Waals surface area contributed by atoms with Crippen LogP contribution >= 0.6 is 22.7 Å². The summed E-state index contributed by atoms with van der Waals surface area (Å²) in [7, 11) is 0. The first-order valence-corrected chi connectivity index (χ1v) is 27.4. The molecule has 0 aliphatic carbocycles. The van der Waals surface area contributed by atoms with E-state index >= 15 is 0 Å². The van der Waals surface area contributed by atoms with Crippen molar-refractivity contribution in [3.05, 3.63) is 231 Å². The van der Waals surface area contributed by atoms with Gasteiger partial charge in [-0.25, -0.2) is 15.0 Å². The lowest BCUT2D eigenvalue weighted by atomic mass is 9.98. The molecule has 6 heterocycles. The smallest absolute Gasteiger partial charge is 0.165 e. The van der Waals surface area contributed by atoms with Crippen LogP contribution < -0.4 is 0 Å². The molecule has 17 aromatic rings. The second-order valence-corrected chi connectivity index (χ2v) is 21.9. The van der Waals surface area contributed by atoms with Crippen LogP contribution in [0.5, 0.6) is 0 Å². The van der Waals surface area contributed by atoms with Crippen molar-refractivity contribution in [2.75, 3.05) is 0 Å². The Morgan fingerprint density at radius 2 is 0.896 bits per heavy atom. The third-order valence-electron chi connectivity index (χ3n) is 15.5. The van der Waals surface area contributed by atoms with E-state index in [4.69, 9.17) is 23.8 Å². The first-order chi connectivity index (χ1) is 38.1. The maximum absolute atomic E-state index is 6.90. The van der Waals surface area contributed by atoms with Gasteiger partial charge in [-0.05, 0) is 90.0 Å². The highest BCUT2D eigenvalue weighted by atomic mass is 32.1. The van der Waals surface area contributed by atoms with Crippen LogP contribution in [0.25, 0.3) is 168 Å². The summed E-state index contributed by atoms with van der Waals surface area (Å²) in [5.74, 6) is 1.82. The second-order valence-electron chi connectivity index (χ2n) is 19.8. The number of thiophene rings is 2. The molecule has 0 aliphatic rings. The number of aromatic nitrogens is 4. The standard InChI is InChI=1S/C69H38N4O2S2/c1-2-14-42(15-3-1)73-56-26-7-4-16-43(56)54-36-39(31-34-57(54)73)40-32-35-59-55(37-40)48-20-10-19-47(64(48)75-59)50-22-11-23-51-63-52(24-13-29-62(63)77-65(50)51)68-70-67(41-30-33-45-44-17-5-8-27-58(44)74-60(45)38-41)71-69(72-68)53-25-12-21-49-46-18-6-9-28-61(46)76-66(49)53/h1-38H. The molecule has 17 rings (SSSR count). The highest BCUT2D eigenvalue weighted by Crippen LogP contribution is 2.47. The molecular formula is C69H38N4O2S2. The fourth-order valence-corrected chi connectivity index (χ4v) is 14.4. The summed E-state index contributed by atoms with van der Waals surface area (Å²) in [6, 6.07) is 81.9. The van der Waals surface area contributed by atoms with Crippen molar-refractivity contribution in [3.63, 3.8) is 0 Å². The summed E-state index contributed by atoms with van der Waals surface area (Å²) in [6.07, 6.45) is 0. The highest BCUT2D eigenvalue weighted by Gasteiger charge is 2.23. The zero-order valence-corrected chi connectivity index (χ0v) is 42.5. The Morgan fingerprint density at radius 1 is 0.312 bits per heavy atom. The molecule has 6 aromatic heterocycles. The molecule has 0 atom stereocenters. The molecule has 0 unspecified atom stereocenters. The minimum Gasteiger partial charge on any atom is -0.456 e. The molecule has 0 radical (unpaired) electrons. The molecular weight excluding hydrogens is 981 g/mol. The predicted octanol–water partition coefficient (Wildman–Crippen LogP) is 19.8. The Kier molecular flexibility index (Phi) is 9.07. The molecule has 0 aliphatic heterocycles. The molecule has 0 spiro atoms. The van der Waals surface area contributed by atoms with Gasteiger partial charge in [0.05, 0.1) is 11.0 Å². The lowest BCUT2D eigenvalue weighted by Gasteiger charge is -2.10. The lowest BCUT2D eigenvalue weighted by Crippen LogP contribution is -2.00. The fraction of sp³-hybridized carbons (Fsp3) is 0. The number of para-hydroxylation sites is 4. The van der Waals surface area contributed by atoms with Gasteiger partial charge in [0.2, 0.25) is 0 Å². The fourth-order valence-electron chi connectivity index (χ4n) is 12.0. The average molecular weight is 1020 g/mol. The van der Waals surface area contributed by atoms with Gasteiger partial charge in [-0.15, -0.1) is 22.7 Å². The zero-order chi connectivity index (χ0) is 50.3. The van der Waals surface area contributed by atoms with Gasteiger partial charge in [-0.2, -0.15) is 0 Å². The number of fused-ring (bicyclic) bond motifs is 15. The maximum atomic E-state index is 6.90. The van der Waals surface area contributed by atoms with Crippen LogP contribution in [0.2, 0.25) is 0 Å². The molecule has 0 bridgehead atoms. The van der Waals surface area contributed by atoms with Gasteiger partial charge in [0.15, 0.2) is 17.5 Å². The van der Waals surface area contributed by atoms with E-state index < -0.39 is 0 Å². The number of furan rings is 2. The van der Waals surface area contributed by atoms with Crippen molar-refractivity contribution in [1.82, 2.24) is 19.5 Å². The minimum atomic E-state index is 0.582. The zero-order valence-electron chi connectivity index (χ0n) is 40.9. The summed E-state index contributed by atoms with van der Waals surface area (Å²) in [5, 5.41) is 11.4. The Balaban J connectivity index is 0.814. The molecule has 0 fully saturated rings. The highest BCUT2D eigenvalue weighted by molar-refractivity contribution is 7.26. The number of benzene rings is 11. The van der Waals surface area contributed by atoms with Crippen molar-refractivity contribution < 1.29 is 8.83 Å². The quantitative estimate of drug-likeness (QED) is 0.166. The summed E-state index contributed by atoms with van der Waals surface area (Å²) in [5.41, 5.74) is 14.1. The summed E-state index contributed by atoms with van der Waals surface area (Å²) < 4.78 is 20.4. The molecule has 6 nitrogen and oxygen atoms in total.